The van der Waals surface area contributed by atoms with Crippen LogP contribution in [-0.4, -0.2) is 113 Å². The van der Waals surface area contributed by atoms with Crippen LogP contribution in [0.15, 0.2) is 30.3 Å². The summed E-state index contributed by atoms with van der Waals surface area (Å²) in [4.78, 5) is 28.4. The molecule has 2 aliphatic rings. The summed E-state index contributed by atoms with van der Waals surface area (Å²) in [5, 5.41) is 8.43. The number of carbonyl (C=O) groups is 2. The number of rotatable bonds is 2. The van der Waals surface area contributed by atoms with Crippen LogP contribution in [0.3, 0.4) is 0 Å². The Balaban J connectivity index is -0.000000147. The first kappa shape index (κ1) is 46.0. The molecule has 0 atom stereocenters. The third kappa shape index (κ3) is 21.1. The molecule has 3 radical (unpaired) electrons. The summed E-state index contributed by atoms with van der Waals surface area (Å²) in [7, 11) is 3.34. The van der Waals surface area contributed by atoms with Crippen molar-refractivity contribution >= 4 is 70.1 Å². The predicted octanol–water partition coefficient (Wildman–Crippen LogP) is -1.43. The molecule has 36 heavy (non-hydrogen) atoms. The van der Waals surface area contributed by atoms with Crippen LogP contribution < -0.4 is 29.2 Å². The van der Waals surface area contributed by atoms with Gasteiger partial charge in [-0.05, 0) is 5.56 Å². The molecule has 7 N–H and O–H groups in total. The molecule has 213 valence electrons. The summed E-state index contributed by atoms with van der Waals surface area (Å²) < 4.78 is 0. The van der Waals surface area contributed by atoms with E-state index in [1.165, 1.54) is 5.56 Å². The van der Waals surface area contributed by atoms with Crippen molar-refractivity contribution in [1.82, 2.24) is 30.7 Å². The number of hydrogen-bond acceptors (Lipinski definition) is 4. The first-order chi connectivity index (χ1) is 15.5. The first-order valence-electron chi connectivity index (χ1n) is 10.8. The van der Waals surface area contributed by atoms with Crippen LogP contribution in [0.4, 0.5) is 9.59 Å². The van der Waals surface area contributed by atoms with Gasteiger partial charge in [0.15, 0.2) is 0 Å². The van der Waals surface area contributed by atoms with Gasteiger partial charge in [-0.3, -0.25) is 4.90 Å². The van der Waals surface area contributed by atoms with Crippen LogP contribution in [0.5, 0.6) is 0 Å². The predicted molar refractivity (Wildman–Crippen MR) is 166 cm³/mol. The molecule has 2 aliphatic heterocycles. The molecule has 0 aromatic heterocycles. The quantitative estimate of drug-likeness (QED) is 0.248. The Morgan fingerprint density at radius 1 is 0.861 bits per heavy atom. The number of piperazine rings is 2. The van der Waals surface area contributed by atoms with Gasteiger partial charge in [-0.15, -0.1) is 12.4 Å². The van der Waals surface area contributed by atoms with Gasteiger partial charge in [-0.2, -0.15) is 0 Å². The normalized spacial score (nSPS) is 13.9. The van der Waals surface area contributed by atoms with Gasteiger partial charge < -0.3 is 36.7 Å². The van der Waals surface area contributed by atoms with Crippen LogP contribution in [-0.2, 0) is 6.54 Å². The van der Waals surface area contributed by atoms with Crippen LogP contribution in [0.1, 0.15) is 19.4 Å². The van der Waals surface area contributed by atoms with E-state index in [-0.39, 0.29) is 43.8 Å². The van der Waals surface area contributed by atoms with Gasteiger partial charge in [0.2, 0.25) is 0 Å². The van der Waals surface area contributed by atoms with Gasteiger partial charge in [0.1, 0.15) is 0 Å². The maximum Gasteiger partial charge on any atom is 0 e. The van der Waals surface area contributed by atoms with Crippen molar-refractivity contribution < 1.29 is 33.8 Å². The summed E-state index contributed by atoms with van der Waals surface area (Å²) in [6, 6.07) is 10.5. The number of halogens is 4. The monoisotopic (exact) mass is 870 g/mol. The summed E-state index contributed by atoms with van der Waals surface area (Å²) in [5.74, 6) is 0. The zero-order valence-electron chi connectivity index (χ0n) is 21.5. The third-order valence-electron chi connectivity index (χ3n) is 4.74. The third-order valence-corrected chi connectivity index (χ3v) is 4.74. The molecule has 2 fully saturated rings. The van der Waals surface area contributed by atoms with E-state index in [4.69, 9.17) is 0 Å². The number of nitrogens with one attached hydrogen (secondary N) is 3. The summed E-state index contributed by atoms with van der Waals surface area (Å²) in [6.45, 7) is 12.0. The zero-order valence-corrected chi connectivity index (χ0v) is 28.8. The number of carbonyl (C=O) groups excluding carboxylic acids is 2. The molecule has 2 heterocycles. The van der Waals surface area contributed by atoms with Crippen LogP contribution in [0.2, 0.25) is 0 Å². The molecule has 2 saturated heterocycles. The molecule has 0 saturated carbocycles. The molecule has 10 nitrogen and oxygen atoms in total. The smallest absolute Gasteiger partial charge is 0 e. The zero-order chi connectivity index (χ0) is 24.2. The molecule has 1 aromatic carbocycles. The molecule has 0 spiro atoms. The van der Waals surface area contributed by atoms with E-state index in [2.05, 4.69) is 82.3 Å². The Bertz CT molecular complexity index is 619. The van der Waals surface area contributed by atoms with Crippen molar-refractivity contribution in [2.75, 3.05) is 66.5 Å². The number of hydrogen-bond donors (Lipinski definition) is 3. The Kier molecular flexibility index (Phi) is 40.1. The molecular formula is C21H43BClI3N6O4-. The van der Waals surface area contributed by atoms with Crippen molar-refractivity contribution in [3.8, 4) is 0 Å². The van der Waals surface area contributed by atoms with Crippen LogP contribution in [0, 0.1) is 0 Å². The van der Waals surface area contributed by atoms with E-state index >= 15 is 0 Å². The van der Waals surface area contributed by atoms with E-state index in [1.54, 1.807) is 19.0 Å². The molecule has 0 unspecified atom stereocenters. The summed E-state index contributed by atoms with van der Waals surface area (Å²) in [5.41, 5.74) is 1.33. The van der Waals surface area contributed by atoms with E-state index in [0.29, 0.717) is 13.3 Å². The Hall–Kier alpha value is 0.145. The number of benzene rings is 1. The Labute approximate surface area is 255 Å². The number of urea groups is 2. The second-order valence-electron chi connectivity index (χ2n) is 6.65. The Morgan fingerprint density at radius 3 is 1.64 bits per heavy atom. The van der Waals surface area contributed by atoms with Gasteiger partial charge in [0.05, 0.1) is 0 Å². The fourth-order valence-corrected chi connectivity index (χ4v) is 3.13. The van der Waals surface area contributed by atoms with Crippen LogP contribution >= 0.6 is 49.6 Å². The minimum absolute atomic E-state index is 0. The van der Waals surface area contributed by atoms with Gasteiger partial charge in [0, 0.05) is 81.4 Å². The molecule has 1 aromatic rings. The average Bonchev–Trinajstić information content (AvgIpc) is 2.87. The van der Waals surface area contributed by atoms with Gasteiger partial charge in [-0.1, -0.05) is 44.2 Å². The topological polar surface area (TPSA) is 143 Å². The largest absolute Gasteiger partial charge is 0.412 e. The molecular weight excluding hydrogens is 827 g/mol. The van der Waals surface area contributed by atoms with Crippen molar-refractivity contribution in [2.24, 2.45) is 0 Å². The molecule has 15 heteroatoms. The van der Waals surface area contributed by atoms with E-state index in [9.17, 15) is 9.59 Å². The van der Waals surface area contributed by atoms with Gasteiger partial charge in [0.25, 0.3) is 0 Å². The summed E-state index contributed by atoms with van der Waals surface area (Å²) >= 11 is 5.30. The second kappa shape index (κ2) is 31.4. The maximum atomic E-state index is 11.4. The fraction of sp³-hybridized carbons (Fsp3) is 0.619. The summed E-state index contributed by atoms with van der Waals surface area (Å²) in [6.07, 6.45) is 0. The number of nitrogens with zero attached hydrogens (tertiary/aromatic N) is 3. The molecule has 0 aliphatic carbocycles. The minimum atomic E-state index is 0. The Morgan fingerprint density at radius 2 is 1.25 bits per heavy atom. The van der Waals surface area contributed by atoms with Crippen LogP contribution in [0.25, 0.3) is 0 Å². The van der Waals surface area contributed by atoms with E-state index < -0.39 is 0 Å². The SMILES string of the molecule is CC.CNC(=O)N1CCN(Cc2ccccc2)CC1.CNC(=O)N1CCNCC1.Cl.I[I-]I.O.O.[B]. The maximum absolute atomic E-state index is 11.4. The first-order valence-corrected chi connectivity index (χ1v) is 23.4. The molecule has 3 rings (SSSR count). The van der Waals surface area contributed by atoms with E-state index in [0.717, 1.165) is 58.9 Å². The van der Waals surface area contributed by atoms with Gasteiger partial charge in [-0.25, -0.2) is 9.59 Å². The minimum Gasteiger partial charge on any atom is -0.412 e. The van der Waals surface area contributed by atoms with Gasteiger partial charge >= 0.3 is 62.5 Å². The molecule has 0 bridgehead atoms. The number of amides is 4. The second-order valence-corrected chi connectivity index (χ2v) is 22.9. The molecule has 4 amide bonds. The van der Waals surface area contributed by atoms with Crippen molar-refractivity contribution in [3.05, 3.63) is 35.9 Å². The van der Waals surface area contributed by atoms with E-state index in [1.807, 2.05) is 24.8 Å². The average molecular weight is 871 g/mol. The fourth-order valence-electron chi connectivity index (χ4n) is 3.13. The standard InChI is InChI=1S/C13H19N3O.C6H13N3O.C2H6.B.ClH.I3.2H2O/c1-14-13(17)16-9-7-15(8-10-16)11-12-5-3-2-4-6-12;1-7-6(10)9-4-2-8-3-5-9;1-2;;;1-3-2;;/h2-6H,7-11H2,1H3,(H,14,17);8H,2-5H2,1H3,(H,7,10);1-2H3;;1H;;2*1H2/q;;;;;-1;;. The van der Waals surface area contributed by atoms with Crippen molar-refractivity contribution in [2.45, 2.75) is 20.4 Å². The van der Waals surface area contributed by atoms with Crippen molar-refractivity contribution in [3.63, 3.8) is 0 Å². The van der Waals surface area contributed by atoms with Crippen molar-refractivity contribution in [1.29, 1.82) is 0 Å².